The summed E-state index contributed by atoms with van der Waals surface area (Å²) >= 11 is 0. The highest BCUT2D eigenvalue weighted by molar-refractivity contribution is 6.16. The zero-order chi connectivity index (χ0) is 21.7. The summed E-state index contributed by atoms with van der Waals surface area (Å²) in [5.41, 5.74) is -0.0436. The van der Waals surface area contributed by atoms with E-state index in [1.807, 2.05) is 18.2 Å². The monoisotopic (exact) mass is 417 g/mol. The Bertz CT molecular complexity index is 855. The second-order valence-electron chi connectivity index (χ2n) is 7.38. The molecular weight excluding hydrogens is 390 g/mol. The fraction of sp³-hybridized carbons (Fsp3) is 0.500. The molecule has 8 heteroatoms. The van der Waals surface area contributed by atoms with Crippen molar-refractivity contribution in [3.05, 3.63) is 35.6 Å². The van der Waals surface area contributed by atoms with Crippen LogP contribution in [0, 0.1) is 0 Å². The van der Waals surface area contributed by atoms with Crippen LogP contribution in [0.2, 0.25) is 0 Å². The van der Waals surface area contributed by atoms with E-state index < -0.39 is 23.5 Å². The van der Waals surface area contributed by atoms with Crippen molar-refractivity contribution >= 4 is 17.8 Å². The number of imide groups is 1. The average molecular weight is 417 g/mol. The van der Waals surface area contributed by atoms with Gasteiger partial charge in [-0.2, -0.15) is 0 Å². The van der Waals surface area contributed by atoms with Gasteiger partial charge in [0.1, 0.15) is 0 Å². The van der Waals surface area contributed by atoms with Crippen LogP contribution in [0.15, 0.2) is 30.0 Å². The molecule has 30 heavy (non-hydrogen) atoms. The molecule has 3 rings (SSSR count). The van der Waals surface area contributed by atoms with Gasteiger partial charge in [0.15, 0.2) is 17.2 Å². The van der Waals surface area contributed by atoms with E-state index >= 15 is 0 Å². The van der Waals surface area contributed by atoms with E-state index in [1.54, 1.807) is 14.2 Å². The Kier molecular flexibility index (Phi) is 6.77. The zero-order valence-corrected chi connectivity index (χ0v) is 17.6. The lowest BCUT2D eigenvalue weighted by molar-refractivity contribution is -0.188. The zero-order valence-electron chi connectivity index (χ0n) is 17.6. The van der Waals surface area contributed by atoms with Crippen molar-refractivity contribution in [2.45, 2.75) is 51.2 Å². The quantitative estimate of drug-likeness (QED) is 0.474. The molecule has 0 saturated heterocycles. The van der Waals surface area contributed by atoms with Crippen LogP contribution in [-0.4, -0.2) is 49.2 Å². The maximum atomic E-state index is 12.8. The number of amides is 2. The molecule has 8 nitrogen and oxygen atoms in total. The molecule has 1 aliphatic carbocycles. The second-order valence-corrected chi connectivity index (χ2v) is 7.38. The van der Waals surface area contributed by atoms with Crippen molar-refractivity contribution in [1.82, 2.24) is 4.90 Å². The van der Waals surface area contributed by atoms with Gasteiger partial charge in [0.2, 0.25) is 5.76 Å². The molecule has 2 amide bonds. The van der Waals surface area contributed by atoms with Gasteiger partial charge >= 0.3 is 5.97 Å². The Morgan fingerprint density at radius 1 is 1.07 bits per heavy atom. The number of hydrogen-bond donors (Lipinski definition) is 0. The highest BCUT2D eigenvalue weighted by Crippen LogP contribution is 2.38. The Morgan fingerprint density at radius 3 is 2.40 bits per heavy atom. The van der Waals surface area contributed by atoms with E-state index in [1.165, 1.54) is 6.92 Å². The molecule has 0 radical (unpaired) electrons. The standard InChI is InChI=1S/C22H27NO7/c1-15(24)30-19-14-20(25)23(21(19)26)22(10-5-4-6-11-22)29-12-9-16-7-8-17(27-2)18(13-16)28-3/h7-8,13-14H,4-6,9-12H2,1-3H3. The molecule has 1 fully saturated rings. The molecule has 1 aliphatic heterocycles. The molecule has 0 bridgehead atoms. The molecule has 0 N–H and O–H groups in total. The van der Waals surface area contributed by atoms with Crippen molar-refractivity contribution in [2.75, 3.05) is 20.8 Å². The number of benzene rings is 1. The Labute approximate surface area is 175 Å². The molecular formula is C22H27NO7. The van der Waals surface area contributed by atoms with Crippen molar-refractivity contribution in [3.8, 4) is 11.5 Å². The van der Waals surface area contributed by atoms with Crippen LogP contribution in [0.25, 0.3) is 0 Å². The van der Waals surface area contributed by atoms with E-state index in [4.69, 9.17) is 18.9 Å². The van der Waals surface area contributed by atoms with Crippen molar-refractivity contribution < 1.29 is 33.3 Å². The lowest BCUT2D eigenvalue weighted by atomic mass is 9.90. The topological polar surface area (TPSA) is 91.4 Å². The second kappa shape index (κ2) is 9.30. The van der Waals surface area contributed by atoms with Crippen LogP contribution in [0.5, 0.6) is 11.5 Å². The smallest absolute Gasteiger partial charge is 0.308 e. The molecule has 0 atom stereocenters. The average Bonchev–Trinajstić information content (AvgIpc) is 3.01. The minimum atomic E-state index is -1.03. The van der Waals surface area contributed by atoms with Crippen LogP contribution in [0.1, 0.15) is 44.6 Å². The number of ether oxygens (including phenoxy) is 4. The largest absolute Gasteiger partial charge is 0.493 e. The lowest BCUT2D eigenvalue weighted by Crippen LogP contribution is -2.55. The summed E-state index contributed by atoms with van der Waals surface area (Å²) in [6.45, 7) is 1.51. The third-order valence-electron chi connectivity index (χ3n) is 5.39. The third kappa shape index (κ3) is 4.48. The Morgan fingerprint density at radius 2 is 1.77 bits per heavy atom. The SMILES string of the molecule is COc1ccc(CCOC2(N3C(=O)C=C(OC(C)=O)C3=O)CCCCC2)cc1OC. The van der Waals surface area contributed by atoms with Crippen molar-refractivity contribution in [1.29, 1.82) is 0 Å². The summed E-state index contributed by atoms with van der Waals surface area (Å²) in [5, 5.41) is 0. The van der Waals surface area contributed by atoms with E-state index in [2.05, 4.69) is 0 Å². The maximum Gasteiger partial charge on any atom is 0.308 e. The molecule has 1 aromatic rings. The predicted molar refractivity (Wildman–Crippen MR) is 107 cm³/mol. The van der Waals surface area contributed by atoms with Gasteiger partial charge in [0, 0.05) is 6.92 Å². The van der Waals surface area contributed by atoms with Gasteiger partial charge in [-0.1, -0.05) is 12.5 Å². The van der Waals surface area contributed by atoms with Crippen LogP contribution in [-0.2, 0) is 30.3 Å². The summed E-state index contributed by atoms with van der Waals surface area (Å²) in [6.07, 6.45) is 5.45. The number of methoxy groups -OCH3 is 2. The van der Waals surface area contributed by atoms with Crippen LogP contribution < -0.4 is 9.47 Å². The summed E-state index contributed by atoms with van der Waals surface area (Å²) in [7, 11) is 3.16. The number of esters is 1. The first-order chi connectivity index (χ1) is 14.4. The van der Waals surface area contributed by atoms with Gasteiger partial charge in [0.05, 0.1) is 26.9 Å². The van der Waals surface area contributed by atoms with E-state index in [9.17, 15) is 14.4 Å². The van der Waals surface area contributed by atoms with Gasteiger partial charge in [-0.05, 0) is 49.8 Å². The summed E-state index contributed by atoms with van der Waals surface area (Å²) in [5.74, 6) is -0.754. The highest BCUT2D eigenvalue weighted by Gasteiger charge is 2.49. The van der Waals surface area contributed by atoms with Crippen molar-refractivity contribution in [2.24, 2.45) is 0 Å². The number of hydrogen-bond acceptors (Lipinski definition) is 7. The molecule has 0 spiro atoms. The van der Waals surface area contributed by atoms with E-state index in [0.717, 1.165) is 35.8 Å². The highest BCUT2D eigenvalue weighted by atomic mass is 16.5. The summed E-state index contributed by atoms with van der Waals surface area (Å²) < 4.78 is 21.7. The van der Waals surface area contributed by atoms with Crippen LogP contribution in [0.4, 0.5) is 0 Å². The molecule has 1 saturated carbocycles. The normalized spacial score (nSPS) is 18.2. The molecule has 0 unspecified atom stereocenters. The molecule has 2 aliphatic rings. The Balaban J connectivity index is 1.73. The summed E-state index contributed by atoms with van der Waals surface area (Å²) in [4.78, 5) is 37.8. The van der Waals surface area contributed by atoms with Gasteiger partial charge in [0.25, 0.3) is 11.8 Å². The van der Waals surface area contributed by atoms with Gasteiger partial charge in [-0.15, -0.1) is 0 Å². The minimum Gasteiger partial charge on any atom is -0.493 e. The number of carbonyl (C=O) groups excluding carboxylic acids is 3. The fourth-order valence-corrected chi connectivity index (χ4v) is 3.99. The van der Waals surface area contributed by atoms with E-state index in [-0.39, 0.29) is 5.76 Å². The van der Waals surface area contributed by atoms with Crippen LogP contribution >= 0.6 is 0 Å². The molecule has 1 aromatic carbocycles. The molecule has 162 valence electrons. The molecule has 0 aromatic heterocycles. The molecule has 1 heterocycles. The number of rotatable bonds is 8. The van der Waals surface area contributed by atoms with E-state index in [0.29, 0.717) is 37.4 Å². The number of nitrogens with zero attached hydrogens (tertiary/aromatic N) is 1. The number of carbonyl (C=O) groups is 3. The minimum absolute atomic E-state index is 0.249. The first-order valence-electron chi connectivity index (χ1n) is 10.0. The predicted octanol–water partition coefficient (Wildman–Crippen LogP) is 2.74. The summed E-state index contributed by atoms with van der Waals surface area (Å²) in [6, 6.07) is 5.63. The Hall–Kier alpha value is -2.87. The third-order valence-corrected chi connectivity index (χ3v) is 5.39. The van der Waals surface area contributed by atoms with Crippen molar-refractivity contribution in [3.63, 3.8) is 0 Å². The van der Waals surface area contributed by atoms with Gasteiger partial charge < -0.3 is 18.9 Å². The van der Waals surface area contributed by atoms with Gasteiger partial charge in [-0.3, -0.25) is 14.4 Å². The first-order valence-corrected chi connectivity index (χ1v) is 10.0. The lowest BCUT2D eigenvalue weighted by Gasteiger charge is -2.42. The fourth-order valence-electron chi connectivity index (χ4n) is 3.99. The maximum absolute atomic E-state index is 12.8. The van der Waals surface area contributed by atoms with Crippen LogP contribution in [0.3, 0.4) is 0 Å². The first kappa shape index (κ1) is 21.8. The van der Waals surface area contributed by atoms with Gasteiger partial charge in [-0.25, -0.2) is 4.90 Å².